The molecular weight excluding hydrogens is 314 g/mol. The van der Waals surface area contributed by atoms with E-state index < -0.39 is 22.3 Å². The standard InChI is InChI=1S/C13H10ClN3O5/c1-7-10(2-3-22-7)13(19)16-15-6-8-4-9(14)5-11(12(8)18)17(20)21/h2-6,18H,1H3,(H,16,19)/b15-6+. The van der Waals surface area contributed by atoms with E-state index in [-0.39, 0.29) is 10.6 Å². The van der Waals surface area contributed by atoms with Crippen LogP contribution in [0.2, 0.25) is 5.02 Å². The van der Waals surface area contributed by atoms with E-state index in [1.165, 1.54) is 18.4 Å². The molecule has 1 aromatic carbocycles. The zero-order valence-corrected chi connectivity index (χ0v) is 12.0. The topological polar surface area (TPSA) is 118 Å². The molecule has 0 radical (unpaired) electrons. The molecule has 0 aliphatic carbocycles. The fourth-order valence-electron chi connectivity index (χ4n) is 1.68. The number of phenols is 1. The number of rotatable bonds is 4. The molecule has 8 nitrogen and oxygen atoms in total. The lowest BCUT2D eigenvalue weighted by molar-refractivity contribution is -0.385. The Morgan fingerprint density at radius 1 is 1.55 bits per heavy atom. The summed E-state index contributed by atoms with van der Waals surface area (Å²) < 4.78 is 4.98. The van der Waals surface area contributed by atoms with Crippen molar-refractivity contribution in [3.05, 3.63) is 56.5 Å². The third kappa shape index (κ3) is 3.23. The largest absolute Gasteiger partial charge is 0.502 e. The van der Waals surface area contributed by atoms with Crippen LogP contribution in [0.3, 0.4) is 0 Å². The van der Waals surface area contributed by atoms with Crippen LogP contribution in [0, 0.1) is 17.0 Å². The third-order valence-electron chi connectivity index (χ3n) is 2.75. The van der Waals surface area contributed by atoms with Crippen molar-refractivity contribution in [2.45, 2.75) is 6.92 Å². The fourth-order valence-corrected chi connectivity index (χ4v) is 1.91. The van der Waals surface area contributed by atoms with Crippen LogP contribution in [0.4, 0.5) is 5.69 Å². The summed E-state index contributed by atoms with van der Waals surface area (Å²) in [7, 11) is 0. The van der Waals surface area contributed by atoms with Gasteiger partial charge >= 0.3 is 5.69 Å². The molecule has 1 amide bonds. The molecular formula is C13H10ClN3O5. The van der Waals surface area contributed by atoms with E-state index in [2.05, 4.69) is 10.5 Å². The summed E-state index contributed by atoms with van der Waals surface area (Å²) >= 11 is 5.73. The van der Waals surface area contributed by atoms with E-state index >= 15 is 0 Å². The second kappa shape index (κ2) is 6.27. The molecule has 1 aromatic heterocycles. The monoisotopic (exact) mass is 323 g/mol. The average molecular weight is 324 g/mol. The lowest BCUT2D eigenvalue weighted by Gasteiger charge is -2.02. The number of aromatic hydroxyl groups is 1. The Hall–Kier alpha value is -2.87. The van der Waals surface area contributed by atoms with Crippen molar-refractivity contribution < 1.29 is 19.2 Å². The van der Waals surface area contributed by atoms with Crippen molar-refractivity contribution in [3.8, 4) is 5.75 Å². The van der Waals surface area contributed by atoms with Gasteiger partial charge in [0, 0.05) is 16.7 Å². The quantitative estimate of drug-likeness (QED) is 0.509. The molecule has 0 aliphatic rings. The predicted octanol–water partition coefficient (Wildman–Crippen LogP) is 2.62. The first kappa shape index (κ1) is 15.5. The number of hydrogen-bond acceptors (Lipinski definition) is 6. The molecule has 0 saturated carbocycles. The molecule has 0 atom stereocenters. The van der Waals surface area contributed by atoms with E-state index in [0.29, 0.717) is 11.3 Å². The summed E-state index contributed by atoms with van der Waals surface area (Å²) in [5.74, 6) is -0.681. The molecule has 0 fully saturated rings. The predicted molar refractivity (Wildman–Crippen MR) is 78.3 cm³/mol. The Bertz CT molecular complexity index is 769. The van der Waals surface area contributed by atoms with E-state index in [1.807, 2.05) is 0 Å². The smallest absolute Gasteiger partial charge is 0.312 e. The number of nitro groups is 1. The average Bonchev–Trinajstić information content (AvgIpc) is 2.88. The number of hydrazone groups is 1. The van der Waals surface area contributed by atoms with Crippen LogP contribution in [0.1, 0.15) is 21.7 Å². The van der Waals surface area contributed by atoms with Gasteiger partial charge in [0.15, 0.2) is 0 Å². The Balaban J connectivity index is 2.19. The van der Waals surface area contributed by atoms with E-state index in [4.69, 9.17) is 16.0 Å². The summed E-state index contributed by atoms with van der Waals surface area (Å²) in [5, 5.41) is 24.2. The fraction of sp³-hybridized carbons (Fsp3) is 0.0769. The number of aryl methyl sites for hydroxylation is 1. The van der Waals surface area contributed by atoms with E-state index in [1.54, 1.807) is 6.92 Å². The molecule has 0 unspecified atom stereocenters. The number of nitrogens with zero attached hydrogens (tertiary/aromatic N) is 2. The molecule has 0 spiro atoms. The van der Waals surface area contributed by atoms with Gasteiger partial charge in [-0.25, -0.2) is 5.43 Å². The number of furan rings is 1. The molecule has 22 heavy (non-hydrogen) atoms. The molecule has 1 heterocycles. The van der Waals surface area contributed by atoms with Gasteiger partial charge in [-0.05, 0) is 19.1 Å². The maximum atomic E-state index is 11.8. The number of carbonyl (C=O) groups is 1. The van der Waals surface area contributed by atoms with Gasteiger partial charge in [0.2, 0.25) is 5.75 Å². The summed E-state index contributed by atoms with van der Waals surface area (Å²) in [5.41, 5.74) is 1.97. The van der Waals surface area contributed by atoms with Gasteiger partial charge in [-0.3, -0.25) is 14.9 Å². The highest BCUT2D eigenvalue weighted by atomic mass is 35.5. The van der Waals surface area contributed by atoms with Gasteiger partial charge in [0.25, 0.3) is 5.91 Å². The Morgan fingerprint density at radius 3 is 2.86 bits per heavy atom. The number of hydrogen-bond donors (Lipinski definition) is 2. The van der Waals surface area contributed by atoms with Gasteiger partial charge in [-0.15, -0.1) is 0 Å². The minimum Gasteiger partial charge on any atom is -0.502 e. The van der Waals surface area contributed by atoms with Gasteiger partial charge in [-0.1, -0.05) is 11.6 Å². The first-order chi connectivity index (χ1) is 10.4. The highest BCUT2D eigenvalue weighted by Crippen LogP contribution is 2.32. The van der Waals surface area contributed by atoms with Crippen molar-refractivity contribution >= 4 is 29.4 Å². The molecule has 2 rings (SSSR count). The second-order valence-electron chi connectivity index (χ2n) is 4.21. The molecule has 0 saturated heterocycles. The molecule has 0 aliphatic heterocycles. The highest BCUT2D eigenvalue weighted by Gasteiger charge is 2.18. The normalized spacial score (nSPS) is 10.8. The Kier molecular flexibility index (Phi) is 4.42. The number of nitrogens with one attached hydrogen (secondary N) is 1. The number of phenolic OH excluding ortho intramolecular Hbond substituents is 1. The molecule has 2 N–H and O–H groups in total. The van der Waals surface area contributed by atoms with Crippen molar-refractivity contribution in [1.29, 1.82) is 0 Å². The maximum absolute atomic E-state index is 11.8. The van der Waals surface area contributed by atoms with Gasteiger partial charge in [-0.2, -0.15) is 5.10 Å². The van der Waals surface area contributed by atoms with Crippen molar-refractivity contribution in [1.82, 2.24) is 5.43 Å². The van der Waals surface area contributed by atoms with Crippen LogP contribution < -0.4 is 5.43 Å². The summed E-state index contributed by atoms with van der Waals surface area (Å²) in [6.45, 7) is 1.62. The number of nitro benzene ring substituents is 1. The first-order valence-corrected chi connectivity index (χ1v) is 6.32. The minimum atomic E-state index is -0.772. The first-order valence-electron chi connectivity index (χ1n) is 5.94. The number of halogens is 1. The number of carbonyl (C=O) groups excluding carboxylic acids is 1. The van der Waals surface area contributed by atoms with Crippen LogP contribution >= 0.6 is 11.6 Å². The van der Waals surface area contributed by atoms with Gasteiger partial charge < -0.3 is 9.52 Å². The highest BCUT2D eigenvalue weighted by molar-refractivity contribution is 6.31. The zero-order chi connectivity index (χ0) is 16.3. The Morgan fingerprint density at radius 2 is 2.27 bits per heavy atom. The van der Waals surface area contributed by atoms with Gasteiger partial charge in [0.1, 0.15) is 5.76 Å². The van der Waals surface area contributed by atoms with Crippen LogP contribution in [-0.2, 0) is 0 Å². The molecule has 2 aromatic rings. The molecule has 114 valence electrons. The summed E-state index contributed by atoms with van der Waals surface area (Å²) in [6, 6.07) is 3.77. The maximum Gasteiger partial charge on any atom is 0.312 e. The lowest BCUT2D eigenvalue weighted by Crippen LogP contribution is -2.17. The second-order valence-corrected chi connectivity index (χ2v) is 4.65. The molecule has 9 heteroatoms. The van der Waals surface area contributed by atoms with Crippen LogP contribution in [0.25, 0.3) is 0 Å². The summed E-state index contributed by atoms with van der Waals surface area (Å²) in [6.07, 6.45) is 2.42. The third-order valence-corrected chi connectivity index (χ3v) is 2.97. The Labute approximate surface area is 129 Å². The van der Waals surface area contributed by atoms with Crippen molar-refractivity contribution in [2.24, 2.45) is 5.10 Å². The molecule has 0 bridgehead atoms. The van der Waals surface area contributed by atoms with Crippen LogP contribution in [0.5, 0.6) is 5.75 Å². The summed E-state index contributed by atoms with van der Waals surface area (Å²) in [4.78, 5) is 21.8. The van der Waals surface area contributed by atoms with Crippen LogP contribution in [0.15, 0.2) is 34.0 Å². The van der Waals surface area contributed by atoms with Crippen molar-refractivity contribution in [3.63, 3.8) is 0 Å². The van der Waals surface area contributed by atoms with E-state index in [0.717, 1.165) is 12.3 Å². The van der Waals surface area contributed by atoms with Crippen LogP contribution in [-0.4, -0.2) is 22.2 Å². The minimum absolute atomic E-state index is 0.00316. The van der Waals surface area contributed by atoms with Gasteiger partial charge in [0.05, 0.1) is 23.0 Å². The number of benzene rings is 1. The SMILES string of the molecule is Cc1occc1C(=O)N/N=C/c1cc(Cl)cc([N+](=O)[O-])c1O. The zero-order valence-electron chi connectivity index (χ0n) is 11.2. The van der Waals surface area contributed by atoms with E-state index in [9.17, 15) is 20.0 Å². The number of amides is 1. The lowest BCUT2D eigenvalue weighted by atomic mass is 10.2. The van der Waals surface area contributed by atoms with Crippen molar-refractivity contribution in [2.75, 3.05) is 0 Å².